The van der Waals surface area contributed by atoms with Gasteiger partial charge in [0.25, 0.3) is 5.91 Å². The van der Waals surface area contributed by atoms with Gasteiger partial charge in [-0.3, -0.25) is 14.5 Å². The molecule has 40 heavy (non-hydrogen) atoms. The SMILES string of the molecule is C=C(CNCC(C)C)/C(C)=C(\C=C(/C)NC(=O)c1ccc(C)c(N(N)/C=C(\N)c2cnn(C)c2C)c1)C(F)(F)F. The summed E-state index contributed by atoms with van der Waals surface area (Å²) in [6, 6.07) is 4.81. The molecular weight excluding hydrogens is 519 g/mol. The van der Waals surface area contributed by atoms with E-state index in [0.717, 1.165) is 17.3 Å². The van der Waals surface area contributed by atoms with E-state index in [1.807, 2.05) is 27.7 Å². The molecule has 1 aromatic carbocycles. The summed E-state index contributed by atoms with van der Waals surface area (Å²) in [5, 5.41) is 11.1. The summed E-state index contributed by atoms with van der Waals surface area (Å²) in [6.07, 6.45) is -0.563. The number of rotatable bonds is 11. The zero-order valence-electron chi connectivity index (χ0n) is 24.2. The fraction of sp³-hybridized carbons (Fsp3) is 0.379. The van der Waals surface area contributed by atoms with Crippen LogP contribution in [0.15, 0.2) is 65.7 Å². The molecule has 6 N–H and O–H groups in total. The third-order valence-corrected chi connectivity index (χ3v) is 6.38. The lowest BCUT2D eigenvalue weighted by atomic mass is 10.0. The number of amides is 1. The minimum Gasteiger partial charge on any atom is -0.397 e. The first kappa shape index (κ1) is 32.4. The van der Waals surface area contributed by atoms with E-state index < -0.39 is 17.7 Å². The van der Waals surface area contributed by atoms with Crippen LogP contribution in [0.2, 0.25) is 0 Å². The number of benzene rings is 1. The molecule has 0 saturated carbocycles. The van der Waals surface area contributed by atoms with Crippen molar-refractivity contribution in [3.63, 3.8) is 0 Å². The van der Waals surface area contributed by atoms with Crippen LogP contribution < -0.4 is 27.2 Å². The van der Waals surface area contributed by atoms with Crippen LogP contribution >= 0.6 is 0 Å². The molecule has 0 aliphatic carbocycles. The van der Waals surface area contributed by atoms with Crippen LogP contribution in [-0.4, -0.2) is 35.0 Å². The van der Waals surface area contributed by atoms with Crippen molar-refractivity contribution in [3.05, 3.63) is 88.1 Å². The van der Waals surface area contributed by atoms with Gasteiger partial charge in [0.1, 0.15) is 0 Å². The number of hydrogen-bond acceptors (Lipinski definition) is 6. The number of carbonyl (C=O) groups is 1. The Hall–Kier alpha value is -3.83. The number of aromatic nitrogens is 2. The number of anilines is 1. The van der Waals surface area contributed by atoms with Gasteiger partial charge < -0.3 is 16.4 Å². The number of hydrogen-bond donors (Lipinski definition) is 4. The molecule has 0 fully saturated rings. The third kappa shape index (κ3) is 8.59. The van der Waals surface area contributed by atoms with E-state index in [-0.39, 0.29) is 23.4 Å². The van der Waals surface area contributed by atoms with Gasteiger partial charge in [0.05, 0.1) is 23.2 Å². The van der Waals surface area contributed by atoms with E-state index in [9.17, 15) is 18.0 Å². The lowest BCUT2D eigenvalue weighted by Gasteiger charge is -2.19. The summed E-state index contributed by atoms with van der Waals surface area (Å²) >= 11 is 0. The molecule has 0 spiro atoms. The van der Waals surface area contributed by atoms with Crippen molar-refractivity contribution in [2.24, 2.45) is 24.5 Å². The predicted molar refractivity (Wildman–Crippen MR) is 155 cm³/mol. The van der Waals surface area contributed by atoms with Gasteiger partial charge in [-0.05, 0) is 75.1 Å². The highest BCUT2D eigenvalue weighted by Gasteiger charge is 2.34. The molecule has 0 bridgehead atoms. The lowest BCUT2D eigenvalue weighted by Crippen LogP contribution is -2.28. The molecule has 0 atom stereocenters. The second-order valence-corrected chi connectivity index (χ2v) is 10.2. The maximum atomic E-state index is 13.9. The number of carbonyl (C=O) groups excluding carboxylic acids is 1. The topological polar surface area (TPSA) is 114 Å². The van der Waals surface area contributed by atoms with Crippen molar-refractivity contribution in [3.8, 4) is 0 Å². The minimum absolute atomic E-state index is 0.00183. The number of aryl methyl sites for hydroxylation is 2. The minimum atomic E-state index is -4.63. The summed E-state index contributed by atoms with van der Waals surface area (Å²) in [7, 11) is 1.80. The van der Waals surface area contributed by atoms with Gasteiger partial charge in [0.15, 0.2) is 0 Å². The van der Waals surface area contributed by atoms with Gasteiger partial charge in [-0.15, -0.1) is 0 Å². The second kappa shape index (κ2) is 13.5. The Bertz CT molecular complexity index is 1330. The monoisotopic (exact) mass is 559 g/mol. The van der Waals surface area contributed by atoms with E-state index >= 15 is 0 Å². The average molecular weight is 560 g/mol. The number of nitrogens with one attached hydrogen (secondary N) is 2. The quantitative estimate of drug-likeness (QED) is 0.175. The maximum Gasteiger partial charge on any atom is 0.416 e. The Balaban J connectivity index is 2.29. The average Bonchev–Trinajstić information content (AvgIpc) is 3.19. The van der Waals surface area contributed by atoms with Crippen molar-refractivity contribution < 1.29 is 18.0 Å². The van der Waals surface area contributed by atoms with E-state index in [1.165, 1.54) is 25.1 Å². The van der Waals surface area contributed by atoms with Gasteiger partial charge in [0.2, 0.25) is 0 Å². The van der Waals surface area contributed by atoms with Gasteiger partial charge in [-0.25, -0.2) is 5.84 Å². The maximum absolute atomic E-state index is 13.9. The fourth-order valence-electron chi connectivity index (χ4n) is 3.84. The van der Waals surface area contributed by atoms with Crippen LogP contribution in [0, 0.1) is 19.8 Å². The summed E-state index contributed by atoms with van der Waals surface area (Å²) in [5.74, 6) is 6.02. The number of nitrogens with zero attached hydrogens (tertiary/aromatic N) is 3. The molecule has 2 rings (SSSR count). The number of allylic oxidation sites excluding steroid dienone is 3. The molecular formula is C29H40F3N7O. The Morgan fingerprint density at radius 3 is 2.45 bits per heavy atom. The van der Waals surface area contributed by atoms with Crippen LogP contribution in [-0.2, 0) is 7.05 Å². The number of hydrazine groups is 1. The van der Waals surface area contributed by atoms with E-state index in [1.54, 1.807) is 36.1 Å². The molecule has 0 unspecified atom stereocenters. The van der Waals surface area contributed by atoms with E-state index in [0.29, 0.717) is 35.0 Å². The Labute approximate surface area is 234 Å². The van der Waals surface area contributed by atoms with Crippen molar-refractivity contribution in [1.82, 2.24) is 20.4 Å². The third-order valence-electron chi connectivity index (χ3n) is 6.38. The zero-order chi connectivity index (χ0) is 30.4. The van der Waals surface area contributed by atoms with Gasteiger partial charge in [-0.1, -0.05) is 26.5 Å². The number of halogens is 3. The molecule has 11 heteroatoms. The predicted octanol–water partition coefficient (Wildman–Crippen LogP) is 4.99. The van der Waals surface area contributed by atoms with Crippen LogP contribution in [0.1, 0.15) is 54.9 Å². The van der Waals surface area contributed by atoms with Crippen molar-refractivity contribution in [2.45, 2.75) is 47.7 Å². The molecule has 0 aliphatic heterocycles. The number of alkyl halides is 3. The first-order valence-corrected chi connectivity index (χ1v) is 12.8. The highest BCUT2D eigenvalue weighted by Crippen LogP contribution is 2.32. The molecule has 218 valence electrons. The van der Waals surface area contributed by atoms with E-state index in [2.05, 4.69) is 22.3 Å². The van der Waals surface area contributed by atoms with Crippen LogP contribution in [0.5, 0.6) is 0 Å². The molecule has 0 aliphatic rings. The van der Waals surface area contributed by atoms with Crippen LogP contribution in [0.25, 0.3) is 5.70 Å². The van der Waals surface area contributed by atoms with Gasteiger partial charge in [-0.2, -0.15) is 18.3 Å². The van der Waals surface area contributed by atoms with E-state index in [4.69, 9.17) is 11.6 Å². The Morgan fingerprint density at radius 1 is 1.25 bits per heavy atom. The van der Waals surface area contributed by atoms with Gasteiger partial charge >= 0.3 is 6.18 Å². The molecule has 1 aromatic heterocycles. The molecule has 2 aromatic rings. The Kier molecular flexibility index (Phi) is 10.9. The van der Waals surface area contributed by atoms with Crippen molar-refractivity contribution >= 4 is 17.3 Å². The second-order valence-electron chi connectivity index (χ2n) is 10.2. The standard InChI is InChI=1S/C29H40F3N7O/c1-17(2)13-35-14-19(4)21(6)25(29(30,31)32)11-20(5)37-28(40)23-10-9-18(3)27(12-23)39(34)16-26(33)24-15-36-38(8)22(24)7/h9-12,15-17,35H,4,13-14,33-34H2,1-3,5-8H3,(H,37,40)/b20-11+,25-21+,26-16-. The van der Waals surface area contributed by atoms with Gasteiger partial charge in [0, 0.05) is 42.3 Å². The molecule has 0 saturated heterocycles. The molecule has 8 nitrogen and oxygen atoms in total. The molecule has 1 heterocycles. The summed E-state index contributed by atoms with van der Waals surface area (Å²) < 4.78 is 43.5. The normalized spacial score (nSPS) is 13.4. The number of nitrogens with two attached hydrogens (primary N) is 2. The molecule has 1 amide bonds. The highest BCUT2D eigenvalue weighted by atomic mass is 19.4. The summed E-state index contributed by atoms with van der Waals surface area (Å²) in [5.41, 5.74) is 9.13. The Morgan fingerprint density at radius 2 is 1.90 bits per heavy atom. The molecule has 0 radical (unpaired) electrons. The summed E-state index contributed by atoms with van der Waals surface area (Å²) in [4.78, 5) is 13.0. The first-order chi connectivity index (χ1) is 18.5. The largest absolute Gasteiger partial charge is 0.416 e. The highest BCUT2D eigenvalue weighted by molar-refractivity contribution is 5.96. The van der Waals surface area contributed by atoms with Crippen molar-refractivity contribution in [2.75, 3.05) is 18.1 Å². The van der Waals surface area contributed by atoms with Crippen LogP contribution in [0.3, 0.4) is 0 Å². The summed E-state index contributed by atoms with van der Waals surface area (Å²) in [6.45, 7) is 15.2. The van der Waals surface area contributed by atoms with Crippen LogP contribution in [0.4, 0.5) is 18.9 Å². The first-order valence-electron chi connectivity index (χ1n) is 12.8. The fourth-order valence-corrected chi connectivity index (χ4v) is 3.84. The smallest absolute Gasteiger partial charge is 0.397 e. The van der Waals surface area contributed by atoms with Crippen molar-refractivity contribution in [1.29, 1.82) is 0 Å². The zero-order valence-corrected chi connectivity index (χ0v) is 24.2. The lowest BCUT2D eigenvalue weighted by molar-refractivity contribution is -0.0889.